The highest BCUT2D eigenvalue weighted by molar-refractivity contribution is 6.33. The normalized spacial score (nSPS) is 14.3. The van der Waals surface area contributed by atoms with E-state index in [1.165, 1.54) is 24.8 Å². The van der Waals surface area contributed by atoms with Gasteiger partial charge >= 0.3 is 0 Å². The molecule has 0 saturated heterocycles. The van der Waals surface area contributed by atoms with Crippen molar-refractivity contribution in [2.24, 2.45) is 0 Å². The zero-order valence-corrected chi connectivity index (χ0v) is 15.7. The first kappa shape index (κ1) is 16.5. The van der Waals surface area contributed by atoms with Gasteiger partial charge in [-0.2, -0.15) is 0 Å². The van der Waals surface area contributed by atoms with Crippen molar-refractivity contribution < 1.29 is 0 Å². The number of halogens is 1. The first-order valence-electron chi connectivity index (χ1n) is 9.40. The zero-order valence-electron chi connectivity index (χ0n) is 14.9. The van der Waals surface area contributed by atoms with Crippen LogP contribution in [0.25, 0.3) is 33.3 Å². The van der Waals surface area contributed by atoms with Crippen LogP contribution < -0.4 is 0 Å². The lowest BCUT2D eigenvalue weighted by Gasteiger charge is -2.25. The highest BCUT2D eigenvalue weighted by atomic mass is 35.5. The van der Waals surface area contributed by atoms with Crippen LogP contribution in [0.1, 0.15) is 30.7 Å². The minimum absolute atomic E-state index is 0.444. The van der Waals surface area contributed by atoms with Gasteiger partial charge in [0.15, 0.2) is 5.15 Å². The van der Waals surface area contributed by atoms with Crippen LogP contribution in [0, 0.1) is 0 Å². The quantitative estimate of drug-likeness (QED) is 0.367. The Labute approximate surface area is 163 Å². The molecule has 0 atom stereocenters. The summed E-state index contributed by atoms with van der Waals surface area (Å²) in [5.74, 6) is 0.732. The van der Waals surface area contributed by atoms with Crippen LogP contribution in [0.2, 0.25) is 5.15 Å². The third-order valence-corrected chi connectivity index (χ3v) is 5.81. The van der Waals surface area contributed by atoms with Crippen LogP contribution in [0.5, 0.6) is 0 Å². The molecule has 2 heterocycles. The molecule has 1 aliphatic carbocycles. The van der Waals surface area contributed by atoms with E-state index >= 15 is 0 Å². The smallest absolute Gasteiger partial charge is 0.155 e. The van der Waals surface area contributed by atoms with Crippen LogP contribution >= 0.6 is 11.6 Å². The van der Waals surface area contributed by atoms with Gasteiger partial charge in [0.25, 0.3) is 0 Å². The molecular weight excluding hydrogens is 352 g/mol. The molecule has 2 aromatic heterocycles. The molecule has 0 amide bonds. The van der Waals surface area contributed by atoms with E-state index in [4.69, 9.17) is 16.6 Å². The second-order valence-electron chi connectivity index (χ2n) is 7.17. The van der Waals surface area contributed by atoms with E-state index < -0.39 is 0 Å². The second-order valence-corrected chi connectivity index (χ2v) is 7.53. The Morgan fingerprint density at radius 3 is 2.33 bits per heavy atom. The highest BCUT2D eigenvalue weighted by Crippen LogP contribution is 2.38. The molecule has 0 bridgehead atoms. The van der Waals surface area contributed by atoms with Crippen molar-refractivity contribution >= 4 is 22.5 Å². The highest BCUT2D eigenvalue weighted by Gasteiger charge is 2.20. The minimum Gasteiger partial charge on any atom is -0.244 e. The summed E-state index contributed by atoms with van der Waals surface area (Å²) in [6, 6.07) is 23.4. The molecule has 2 nitrogen and oxygen atoms in total. The van der Waals surface area contributed by atoms with E-state index in [0.29, 0.717) is 5.15 Å². The number of nitrogens with zero attached hydrogens (tertiary/aromatic N) is 2. The van der Waals surface area contributed by atoms with Crippen molar-refractivity contribution in [3.8, 4) is 22.4 Å². The van der Waals surface area contributed by atoms with Gasteiger partial charge in [0.2, 0.25) is 0 Å². The summed E-state index contributed by atoms with van der Waals surface area (Å²) < 4.78 is 0. The Morgan fingerprint density at radius 2 is 1.63 bits per heavy atom. The van der Waals surface area contributed by atoms with Gasteiger partial charge in [-0.15, -0.1) is 0 Å². The number of rotatable bonds is 3. The molecule has 0 N–H and O–H groups in total. The molecular formula is C24H19ClN2. The van der Waals surface area contributed by atoms with E-state index in [2.05, 4.69) is 59.6 Å². The summed E-state index contributed by atoms with van der Waals surface area (Å²) in [7, 11) is 0. The molecule has 4 aromatic rings. The minimum atomic E-state index is 0.444. The lowest BCUT2D eigenvalue weighted by molar-refractivity contribution is 0.420. The topological polar surface area (TPSA) is 25.8 Å². The number of fused-ring (bicyclic) bond motifs is 1. The first-order chi connectivity index (χ1) is 13.3. The number of hydrogen-bond donors (Lipinski definition) is 0. The average molecular weight is 371 g/mol. The van der Waals surface area contributed by atoms with Gasteiger partial charge < -0.3 is 0 Å². The maximum Gasteiger partial charge on any atom is 0.155 e. The molecule has 1 fully saturated rings. The van der Waals surface area contributed by atoms with E-state index in [0.717, 1.165) is 39.2 Å². The molecule has 0 aliphatic heterocycles. The number of benzene rings is 2. The van der Waals surface area contributed by atoms with Crippen molar-refractivity contribution in [1.82, 2.24) is 9.97 Å². The summed E-state index contributed by atoms with van der Waals surface area (Å²) in [6.45, 7) is 0. The van der Waals surface area contributed by atoms with Crippen LogP contribution in [0.4, 0.5) is 0 Å². The Hall–Kier alpha value is -2.71. The Bertz CT molecular complexity index is 1100. The largest absolute Gasteiger partial charge is 0.244 e. The molecule has 0 spiro atoms. The van der Waals surface area contributed by atoms with Crippen molar-refractivity contribution in [2.75, 3.05) is 0 Å². The summed E-state index contributed by atoms with van der Waals surface area (Å²) in [5, 5.41) is 1.45. The Morgan fingerprint density at radius 1 is 0.852 bits per heavy atom. The van der Waals surface area contributed by atoms with Gasteiger partial charge in [-0.3, -0.25) is 0 Å². The van der Waals surface area contributed by atoms with E-state index in [1.807, 2.05) is 12.1 Å². The maximum absolute atomic E-state index is 6.33. The number of pyridine rings is 2. The van der Waals surface area contributed by atoms with Gasteiger partial charge in [-0.25, -0.2) is 9.97 Å². The lowest BCUT2D eigenvalue weighted by atomic mass is 9.80. The fourth-order valence-corrected chi connectivity index (χ4v) is 3.99. The van der Waals surface area contributed by atoms with Gasteiger partial charge in [0.05, 0.1) is 5.69 Å². The molecule has 0 unspecified atom stereocenters. The summed E-state index contributed by atoms with van der Waals surface area (Å²) in [4.78, 5) is 9.14. The van der Waals surface area contributed by atoms with Crippen LogP contribution in [0.15, 0.2) is 72.9 Å². The lowest BCUT2D eigenvalue weighted by Crippen LogP contribution is -2.08. The molecule has 3 heteroatoms. The van der Waals surface area contributed by atoms with Crippen LogP contribution in [-0.2, 0) is 0 Å². The molecule has 1 saturated carbocycles. The summed E-state index contributed by atoms with van der Waals surface area (Å²) in [5.41, 5.74) is 6.51. The third-order valence-electron chi connectivity index (χ3n) is 5.53. The first-order valence-corrected chi connectivity index (χ1v) is 9.78. The van der Waals surface area contributed by atoms with Crippen LogP contribution in [0.3, 0.4) is 0 Å². The molecule has 27 heavy (non-hydrogen) atoms. The van der Waals surface area contributed by atoms with Crippen molar-refractivity contribution in [2.45, 2.75) is 25.2 Å². The number of hydrogen-bond acceptors (Lipinski definition) is 2. The fraction of sp³-hybridized carbons (Fsp3) is 0.167. The number of aromatic nitrogens is 2. The van der Waals surface area contributed by atoms with E-state index in [-0.39, 0.29) is 0 Å². The van der Waals surface area contributed by atoms with E-state index in [1.54, 1.807) is 6.20 Å². The molecule has 132 valence electrons. The van der Waals surface area contributed by atoms with Crippen molar-refractivity contribution in [1.29, 1.82) is 0 Å². The second kappa shape index (κ2) is 6.79. The monoisotopic (exact) mass is 370 g/mol. The Balaban J connectivity index is 1.70. The average Bonchev–Trinajstić information content (AvgIpc) is 2.67. The third kappa shape index (κ3) is 3.00. The fourth-order valence-electron chi connectivity index (χ4n) is 3.78. The van der Waals surface area contributed by atoms with Gasteiger partial charge in [0.1, 0.15) is 5.52 Å². The molecule has 2 aromatic carbocycles. The van der Waals surface area contributed by atoms with E-state index in [9.17, 15) is 0 Å². The predicted molar refractivity (Wildman–Crippen MR) is 112 cm³/mol. The van der Waals surface area contributed by atoms with Crippen molar-refractivity contribution in [3.63, 3.8) is 0 Å². The molecule has 1 aliphatic rings. The molecule has 0 radical (unpaired) electrons. The summed E-state index contributed by atoms with van der Waals surface area (Å²) in [6.07, 6.45) is 5.70. The van der Waals surface area contributed by atoms with Gasteiger partial charge in [0, 0.05) is 22.7 Å². The van der Waals surface area contributed by atoms with Crippen molar-refractivity contribution in [3.05, 3.63) is 83.6 Å². The standard InChI is InChI=1S/C24H19ClN2/c25-24-23-20(13-14-26-24)15-21(18-5-2-1-3-6-18)22(27-23)19-11-9-17(10-12-19)16-7-4-8-16/h1-3,5-6,9-16H,4,7-8H2. The molecule has 5 rings (SSSR count). The van der Waals surface area contributed by atoms with Crippen LogP contribution in [-0.4, -0.2) is 9.97 Å². The zero-order chi connectivity index (χ0) is 18.2. The summed E-state index contributed by atoms with van der Waals surface area (Å²) >= 11 is 6.33. The van der Waals surface area contributed by atoms with Gasteiger partial charge in [-0.05, 0) is 42.0 Å². The van der Waals surface area contributed by atoms with Gasteiger partial charge in [-0.1, -0.05) is 72.6 Å². The maximum atomic E-state index is 6.33. The SMILES string of the molecule is Clc1nccc2cc(-c3ccccc3)c(-c3ccc(C4CCC4)cc3)nc12. The Kier molecular flexibility index (Phi) is 4.14. The predicted octanol–water partition coefficient (Wildman–Crippen LogP) is 6.88.